The first kappa shape index (κ1) is 15.0. The Morgan fingerprint density at radius 3 is 2.28 bits per heavy atom. The number of amides is 1. The zero-order valence-corrected chi connectivity index (χ0v) is 13.2. The molecule has 4 aromatic rings. The van der Waals surface area contributed by atoms with E-state index in [-0.39, 0.29) is 0 Å². The van der Waals surface area contributed by atoms with Crippen LogP contribution in [-0.2, 0) is 4.79 Å². The fourth-order valence-electron chi connectivity index (χ4n) is 2.89. The number of hydrogen-bond acceptors (Lipinski definition) is 2. The van der Waals surface area contributed by atoms with Crippen LogP contribution in [0.3, 0.4) is 0 Å². The van der Waals surface area contributed by atoms with E-state index in [1.807, 2.05) is 54.7 Å². The summed E-state index contributed by atoms with van der Waals surface area (Å²) in [7, 11) is 0. The standard InChI is InChI=1S/C20H15N3O2/c24-19(16-12-23-18-8-4-2-6-15(16)18)20(25)21-10-9-13-11-22-17-7-3-1-5-14(13)17/h1-12,22-23H,(H,21,25)/b10-9-. The Morgan fingerprint density at radius 2 is 1.48 bits per heavy atom. The maximum absolute atomic E-state index is 12.4. The predicted molar refractivity (Wildman–Crippen MR) is 98.1 cm³/mol. The summed E-state index contributed by atoms with van der Waals surface area (Å²) in [5, 5.41) is 4.33. The Hall–Kier alpha value is -3.60. The molecule has 5 heteroatoms. The molecule has 0 fully saturated rings. The van der Waals surface area contributed by atoms with E-state index in [0.29, 0.717) is 5.56 Å². The van der Waals surface area contributed by atoms with E-state index >= 15 is 0 Å². The van der Waals surface area contributed by atoms with Crippen LogP contribution in [0.2, 0.25) is 0 Å². The predicted octanol–water partition coefficient (Wildman–Crippen LogP) is 3.62. The first-order valence-corrected chi connectivity index (χ1v) is 7.88. The van der Waals surface area contributed by atoms with Gasteiger partial charge in [-0.05, 0) is 18.2 Å². The largest absolute Gasteiger partial charge is 0.361 e. The summed E-state index contributed by atoms with van der Waals surface area (Å²) in [6, 6.07) is 15.3. The minimum absolute atomic E-state index is 0.369. The van der Waals surface area contributed by atoms with Crippen LogP contribution in [0.15, 0.2) is 67.1 Å². The number of fused-ring (bicyclic) bond motifs is 2. The van der Waals surface area contributed by atoms with Crippen LogP contribution in [0.5, 0.6) is 0 Å². The number of nitrogens with one attached hydrogen (secondary N) is 3. The molecule has 0 aliphatic heterocycles. The monoisotopic (exact) mass is 329 g/mol. The van der Waals surface area contributed by atoms with Gasteiger partial charge in [-0.1, -0.05) is 36.4 Å². The zero-order chi connectivity index (χ0) is 17.2. The lowest BCUT2D eigenvalue weighted by atomic mass is 10.1. The number of H-pyrrole nitrogens is 2. The van der Waals surface area contributed by atoms with Gasteiger partial charge in [0.05, 0.1) is 5.56 Å². The quantitative estimate of drug-likeness (QED) is 0.395. The van der Waals surface area contributed by atoms with Crippen molar-refractivity contribution >= 4 is 39.6 Å². The van der Waals surface area contributed by atoms with Crippen molar-refractivity contribution in [3.05, 3.63) is 78.3 Å². The van der Waals surface area contributed by atoms with E-state index in [1.54, 1.807) is 12.3 Å². The van der Waals surface area contributed by atoms with Gasteiger partial charge < -0.3 is 15.3 Å². The normalized spacial score (nSPS) is 11.4. The average molecular weight is 329 g/mol. The molecule has 0 aliphatic carbocycles. The lowest BCUT2D eigenvalue weighted by Gasteiger charge is -1.99. The van der Waals surface area contributed by atoms with E-state index in [2.05, 4.69) is 15.3 Å². The molecule has 25 heavy (non-hydrogen) atoms. The van der Waals surface area contributed by atoms with E-state index < -0.39 is 11.7 Å². The van der Waals surface area contributed by atoms with Crippen LogP contribution in [-0.4, -0.2) is 21.7 Å². The van der Waals surface area contributed by atoms with Gasteiger partial charge in [-0.15, -0.1) is 0 Å². The molecular weight excluding hydrogens is 314 g/mol. The number of aromatic nitrogens is 2. The van der Waals surface area contributed by atoms with Crippen molar-refractivity contribution in [1.82, 2.24) is 15.3 Å². The Morgan fingerprint density at radius 1 is 0.840 bits per heavy atom. The number of rotatable bonds is 4. The zero-order valence-electron chi connectivity index (χ0n) is 13.2. The van der Waals surface area contributed by atoms with Crippen LogP contribution in [0.4, 0.5) is 0 Å². The molecule has 0 aliphatic rings. The van der Waals surface area contributed by atoms with E-state index in [9.17, 15) is 9.59 Å². The van der Waals surface area contributed by atoms with Crippen LogP contribution >= 0.6 is 0 Å². The summed E-state index contributed by atoms with van der Waals surface area (Å²) in [6.07, 6.45) is 6.68. The first-order valence-electron chi connectivity index (χ1n) is 7.88. The van der Waals surface area contributed by atoms with Gasteiger partial charge in [-0.25, -0.2) is 0 Å². The number of hydrogen-bond donors (Lipinski definition) is 3. The van der Waals surface area contributed by atoms with E-state index in [1.165, 1.54) is 6.20 Å². The molecule has 0 spiro atoms. The Bertz CT molecular complexity index is 1120. The highest BCUT2D eigenvalue weighted by Gasteiger charge is 2.18. The second-order valence-corrected chi connectivity index (χ2v) is 5.67. The second kappa shape index (κ2) is 6.13. The minimum atomic E-state index is -0.666. The first-order chi connectivity index (χ1) is 12.2. The molecule has 2 aromatic carbocycles. The number of benzene rings is 2. The highest BCUT2D eigenvalue weighted by Crippen LogP contribution is 2.19. The van der Waals surface area contributed by atoms with Gasteiger partial charge in [0.15, 0.2) is 0 Å². The molecule has 0 bridgehead atoms. The lowest BCUT2D eigenvalue weighted by Crippen LogP contribution is -2.26. The van der Waals surface area contributed by atoms with Gasteiger partial charge in [-0.3, -0.25) is 9.59 Å². The van der Waals surface area contributed by atoms with Gasteiger partial charge in [0.25, 0.3) is 11.7 Å². The maximum atomic E-state index is 12.4. The molecular formula is C20H15N3O2. The molecule has 0 radical (unpaired) electrons. The highest BCUT2D eigenvalue weighted by atomic mass is 16.2. The third-order valence-electron chi connectivity index (χ3n) is 4.14. The molecule has 0 unspecified atom stereocenters. The fourth-order valence-corrected chi connectivity index (χ4v) is 2.89. The van der Waals surface area contributed by atoms with Crippen LogP contribution in [0.25, 0.3) is 27.9 Å². The van der Waals surface area contributed by atoms with Gasteiger partial charge >= 0.3 is 0 Å². The molecule has 2 aromatic heterocycles. The van der Waals surface area contributed by atoms with Crippen molar-refractivity contribution in [3.63, 3.8) is 0 Å². The summed E-state index contributed by atoms with van der Waals surface area (Å²) in [5.74, 6) is -1.23. The summed E-state index contributed by atoms with van der Waals surface area (Å²) in [5.41, 5.74) is 3.15. The maximum Gasteiger partial charge on any atom is 0.296 e. The van der Waals surface area contributed by atoms with Crippen LogP contribution in [0, 0.1) is 0 Å². The molecule has 2 heterocycles. The molecule has 3 N–H and O–H groups in total. The topological polar surface area (TPSA) is 77.8 Å². The summed E-state index contributed by atoms with van der Waals surface area (Å²) in [4.78, 5) is 30.7. The molecule has 5 nitrogen and oxygen atoms in total. The average Bonchev–Trinajstić information content (AvgIpc) is 3.25. The summed E-state index contributed by atoms with van der Waals surface area (Å²) < 4.78 is 0. The SMILES string of the molecule is O=C(N/C=C\c1c[nH]c2ccccc12)C(=O)c1c[nH]c2ccccc12. The molecule has 0 atom stereocenters. The van der Waals surface area contributed by atoms with Crippen LogP contribution < -0.4 is 5.32 Å². The third kappa shape index (κ3) is 2.72. The molecule has 4 rings (SSSR count). The Balaban J connectivity index is 1.51. The lowest BCUT2D eigenvalue weighted by molar-refractivity contribution is -0.116. The van der Waals surface area contributed by atoms with E-state index in [4.69, 9.17) is 0 Å². The van der Waals surface area contributed by atoms with Crippen molar-refractivity contribution < 1.29 is 9.59 Å². The third-order valence-corrected chi connectivity index (χ3v) is 4.14. The summed E-state index contributed by atoms with van der Waals surface area (Å²) in [6.45, 7) is 0. The van der Waals surface area contributed by atoms with Crippen LogP contribution in [0.1, 0.15) is 15.9 Å². The smallest absolute Gasteiger partial charge is 0.296 e. The Kier molecular flexibility index (Phi) is 3.67. The highest BCUT2D eigenvalue weighted by molar-refractivity contribution is 6.45. The van der Waals surface area contributed by atoms with Crippen molar-refractivity contribution in [2.75, 3.05) is 0 Å². The van der Waals surface area contributed by atoms with Gasteiger partial charge in [0.2, 0.25) is 0 Å². The van der Waals surface area contributed by atoms with Crippen molar-refractivity contribution in [3.8, 4) is 0 Å². The minimum Gasteiger partial charge on any atom is -0.361 e. The van der Waals surface area contributed by atoms with Crippen molar-refractivity contribution in [2.24, 2.45) is 0 Å². The van der Waals surface area contributed by atoms with Gasteiger partial charge in [0.1, 0.15) is 0 Å². The molecule has 0 saturated heterocycles. The van der Waals surface area contributed by atoms with Crippen molar-refractivity contribution in [2.45, 2.75) is 0 Å². The van der Waals surface area contributed by atoms with Crippen molar-refractivity contribution in [1.29, 1.82) is 0 Å². The number of carbonyl (C=O) groups excluding carboxylic acids is 2. The van der Waals surface area contributed by atoms with E-state index in [0.717, 1.165) is 27.4 Å². The number of para-hydroxylation sites is 2. The van der Waals surface area contributed by atoms with Gasteiger partial charge in [-0.2, -0.15) is 0 Å². The number of carbonyl (C=O) groups is 2. The fraction of sp³-hybridized carbons (Fsp3) is 0. The molecule has 0 saturated carbocycles. The number of aromatic amines is 2. The number of ketones is 1. The Labute approximate surface area is 143 Å². The number of Topliss-reactive ketones (excluding diaryl/α,β-unsaturated/α-hetero) is 1. The molecule has 1 amide bonds. The van der Waals surface area contributed by atoms with Gasteiger partial charge in [0, 0.05) is 46.0 Å². The second-order valence-electron chi connectivity index (χ2n) is 5.67. The summed E-state index contributed by atoms with van der Waals surface area (Å²) >= 11 is 0. The molecule has 122 valence electrons.